The number of benzene rings is 2. The average Bonchev–Trinajstić information content (AvgIpc) is 2.59. The zero-order valence-corrected chi connectivity index (χ0v) is 15.5. The topological polar surface area (TPSA) is 34.1 Å². The second kappa shape index (κ2) is 8.83. The Labute approximate surface area is 152 Å². The van der Waals surface area contributed by atoms with E-state index in [0.29, 0.717) is 17.3 Å². The Morgan fingerprint density at radius 1 is 1.24 bits per heavy atom. The van der Waals surface area contributed by atoms with Gasteiger partial charge >= 0.3 is 0 Å². The largest absolute Gasteiger partial charge is 0.497 e. The number of methoxy groups -OCH3 is 1. The first kappa shape index (κ1) is 19.2. The van der Waals surface area contributed by atoms with Crippen LogP contribution in [0.25, 0.3) is 0 Å². The highest BCUT2D eigenvalue weighted by atomic mass is 35.5. The molecule has 0 heterocycles. The molecule has 0 unspecified atom stereocenters. The molecule has 0 spiro atoms. The number of hydrogen-bond acceptors (Lipinski definition) is 4. The quantitative estimate of drug-likeness (QED) is 0.505. The number of ether oxygens (including phenoxy) is 2. The van der Waals surface area contributed by atoms with Crippen molar-refractivity contribution in [1.82, 2.24) is 0 Å². The van der Waals surface area contributed by atoms with Gasteiger partial charge in [0.2, 0.25) is 0 Å². The van der Waals surface area contributed by atoms with Crippen LogP contribution in [0.4, 0.5) is 10.1 Å². The Kier molecular flexibility index (Phi) is 6.79. The Hall–Kier alpha value is -2.11. The van der Waals surface area contributed by atoms with E-state index in [1.54, 1.807) is 32.2 Å². The van der Waals surface area contributed by atoms with Crippen molar-refractivity contribution in [1.29, 1.82) is 0 Å². The Morgan fingerprint density at radius 3 is 2.52 bits per heavy atom. The summed E-state index contributed by atoms with van der Waals surface area (Å²) in [6, 6.07) is 12.2. The molecule has 0 saturated heterocycles. The SMILES string of the molecule is COc1ccc(CO[C@H](C)c2cc(F)ccc2N(C)/N=C(\C)Cl)cc1. The first-order valence-electron chi connectivity index (χ1n) is 7.89. The fraction of sp³-hybridized carbons (Fsp3) is 0.316. The van der Waals surface area contributed by atoms with Crippen LogP contribution in [0.1, 0.15) is 31.1 Å². The molecule has 2 aromatic rings. The van der Waals surface area contributed by atoms with Gasteiger partial charge in [0.1, 0.15) is 16.7 Å². The van der Waals surface area contributed by atoms with Gasteiger partial charge in [-0.15, -0.1) is 0 Å². The Bertz CT molecular complexity index is 731. The van der Waals surface area contributed by atoms with Crippen LogP contribution in [0.5, 0.6) is 5.75 Å². The second-order valence-corrected chi connectivity index (χ2v) is 6.17. The van der Waals surface area contributed by atoms with Crippen molar-refractivity contribution in [3.8, 4) is 5.75 Å². The summed E-state index contributed by atoms with van der Waals surface area (Å²) in [5.41, 5.74) is 2.45. The molecule has 4 nitrogen and oxygen atoms in total. The number of rotatable bonds is 7. The van der Waals surface area contributed by atoms with Crippen molar-refractivity contribution in [2.24, 2.45) is 5.10 Å². The minimum atomic E-state index is -0.321. The summed E-state index contributed by atoms with van der Waals surface area (Å²) in [6.07, 6.45) is -0.318. The third-order valence-electron chi connectivity index (χ3n) is 3.72. The van der Waals surface area contributed by atoms with E-state index in [-0.39, 0.29) is 11.9 Å². The maximum Gasteiger partial charge on any atom is 0.123 e. The predicted molar refractivity (Wildman–Crippen MR) is 100.0 cm³/mol. The van der Waals surface area contributed by atoms with Gasteiger partial charge in [-0.2, -0.15) is 5.10 Å². The van der Waals surface area contributed by atoms with Crippen molar-refractivity contribution in [3.05, 3.63) is 59.4 Å². The van der Waals surface area contributed by atoms with Gasteiger partial charge in [0.25, 0.3) is 0 Å². The Morgan fingerprint density at radius 2 is 1.92 bits per heavy atom. The van der Waals surface area contributed by atoms with E-state index in [2.05, 4.69) is 5.10 Å². The maximum atomic E-state index is 13.7. The summed E-state index contributed by atoms with van der Waals surface area (Å²) < 4.78 is 24.8. The molecule has 0 saturated carbocycles. The minimum absolute atomic E-state index is 0.318. The summed E-state index contributed by atoms with van der Waals surface area (Å²) in [4.78, 5) is 0. The molecule has 0 aliphatic heterocycles. The van der Waals surface area contributed by atoms with Crippen molar-refractivity contribution in [2.75, 3.05) is 19.2 Å². The third-order valence-corrected chi connectivity index (χ3v) is 3.80. The molecule has 0 aliphatic carbocycles. The summed E-state index contributed by atoms with van der Waals surface area (Å²) in [5, 5.41) is 6.19. The molecule has 0 aromatic heterocycles. The molecular formula is C19H22ClFN2O2. The minimum Gasteiger partial charge on any atom is -0.497 e. The van der Waals surface area contributed by atoms with Gasteiger partial charge in [0.15, 0.2) is 0 Å². The smallest absolute Gasteiger partial charge is 0.123 e. The van der Waals surface area contributed by atoms with Gasteiger partial charge in [-0.05, 0) is 49.7 Å². The number of halogens is 2. The van der Waals surface area contributed by atoms with Crippen molar-refractivity contribution < 1.29 is 13.9 Å². The van der Waals surface area contributed by atoms with E-state index in [1.165, 1.54) is 12.1 Å². The van der Waals surface area contributed by atoms with Gasteiger partial charge in [0.05, 0.1) is 25.5 Å². The van der Waals surface area contributed by atoms with Crippen LogP contribution in [0.2, 0.25) is 0 Å². The van der Waals surface area contributed by atoms with E-state index in [0.717, 1.165) is 17.0 Å². The number of anilines is 1. The lowest BCUT2D eigenvalue weighted by Crippen LogP contribution is -2.14. The van der Waals surface area contributed by atoms with E-state index >= 15 is 0 Å². The third kappa shape index (κ3) is 5.44. The monoisotopic (exact) mass is 364 g/mol. The molecule has 0 N–H and O–H groups in total. The van der Waals surface area contributed by atoms with Crippen LogP contribution in [-0.4, -0.2) is 19.3 Å². The van der Waals surface area contributed by atoms with E-state index in [4.69, 9.17) is 21.1 Å². The molecule has 2 aromatic carbocycles. The first-order valence-corrected chi connectivity index (χ1v) is 8.27. The lowest BCUT2D eigenvalue weighted by atomic mass is 10.1. The van der Waals surface area contributed by atoms with Crippen molar-refractivity contribution in [2.45, 2.75) is 26.6 Å². The maximum absolute atomic E-state index is 13.7. The molecule has 0 amide bonds. The van der Waals surface area contributed by atoms with Crippen LogP contribution >= 0.6 is 11.6 Å². The lowest BCUT2D eigenvalue weighted by molar-refractivity contribution is 0.0526. The van der Waals surface area contributed by atoms with Gasteiger partial charge in [0, 0.05) is 12.6 Å². The fourth-order valence-electron chi connectivity index (χ4n) is 2.44. The molecule has 134 valence electrons. The van der Waals surface area contributed by atoms with E-state index in [1.807, 2.05) is 31.2 Å². The van der Waals surface area contributed by atoms with Gasteiger partial charge in [-0.3, -0.25) is 5.01 Å². The molecule has 25 heavy (non-hydrogen) atoms. The van der Waals surface area contributed by atoms with E-state index in [9.17, 15) is 4.39 Å². The zero-order valence-electron chi connectivity index (χ0n) is 14.8. The normalized spacial score (nSPS) is 12.8. The van der Waals surface area contributed by atoms with Crippen LogP contribution in [-0.2, 0) is 11.3 Å². The zero-order chi connectivity index (χ0) is 18.4. The number of nitrogens with zero attached hydrogens (tertiary/aromatic N) is 2. The molecule has 0 fully saturated rings. The summed E-state index contributed by atoms with van der Waals surface area (Å²) in [7, 11) is 3.39. The van der Waals surface area contributed by atoms with Crippen LogP contribution in [0, 0.1) is 5.82 Å². The highest BCUT2D eigenvalue weighted by Crippen LogP contribution is 2.30. The van der Waals surface area contributed by atoms with Crippen LogP contribution in [0.15, 0.2) is 47.6 Å². The Balaban J connectivity index is 2.15. The van der Waals surface area contributed by atoms with Gasteiger partial charge in [-0.1, -0.05) is 23.7 Å². The lowest BCUT2D eigenvalue weighted by Gasteiger charge is -2.22. The van der Waals surface area contributed by atoms with Crippen LogP contribution in [0.3, 0.4) is 0 Å². The van der Waals surface area contributed by atoms with Crippen molar-refractivity contribution in [3.63, 3.8) is 0 Å². The second-order valence-electron chi connectivity index (χ2n) is 5.63. The predicted octanol–water partition coefficient (Wildman–Crippen LogP) is 5.12. The van der Waals surface area contributed by atoms with E-state index < -0.39 is 0 Å². The number of hydrazone groups is 1. The molecular weight excluding hydrogens is 343 g/mol. The molecule has 1 atom stereocenters. The molecule has 6 heteroatoms. The molecule has 0 bridgehead atoms. The first-order chi connectivity index (χ1) is 11.9. The van der Waals surface area contributed by atoms with Gasteiger partial charge in [-0.25, -0.2) is 4.39 Å². The van der Waals surface area contributed by atoms with Crippen LogP contribution < -0.4 is 9.75 Å². The molecule has 2 rings (SSSR count). The highest BCUT2D eigenvalue weighted by molar-refractivity contribution is 6.64. The average molecular weight is 365 g/mol. The highest BCUT2D eigenvalue weighted by Gasteiger charge is 2.15. The standard InChI is InChI=1S/C19H22ClFN2O2/c1-13(25-12-15-5-8-17(24-4)9-6-15)18-11-16(21)7-10-19(18)23(3)22-14(2)20/h5-11,13H,12H2,1-4H3/b22-14+/t13-/m1/s1. The molecule has 0 radical (unpaired) electrons. The van der Waals surface area contributed by atoms with Crippen molar-refractivity contribution >= 4 is 22.5 Å². The molecule has 0 aliphatic rings. The number of hydrogen-bond donors (Lipinski definition) is 0. The summed E-state index contributed by atoms with van der Waals surface area (Å²) in [5.74, 6) is 0.471. The fourth-order valence-corrected chi connectivity index (χ4v) is 2.55. The summed E-state index contributed by atoms with van der Waals surface area (Å²) in [6.45, 7) is 3.97. The van der Waals surface area contributed by atoms with Gasteiger partial charge < -0.3 is 9.47 Å². The summed E-state index contributed by atoms with van der Waals surface area (Å²) >= 11 is 5.84.